The lowest BCUT2D eigenvalue weighted by Crippen LogP contribution is -1.95. The monoisotopic (exact) mass is 246 g/mol. The van der Waals surface area contributed by atoms with Crippen molar-refractivity contribution in [3.63, 3.8) is 0 Å². The van der Waals surface area contributed by atoms with Crippen LogP contribution in [0.5, 0.6) is 5.75 Å². The molecule has 0 aliphatic carbocycles. The van der Waals surface area contributed by atoms with Crippen LogP contribution in [0.4, 0.5) is 0 Å². The molecular weight excluding hydrogens is 224 g/mol. The zero-order valence-corrected chi connectivity index (χ0v) is 11.9. The van der Waals surface area contributed by atoms with Crippen LogP contribution >= 0.6 is 0 Å². The van der Waals surface area contributed by atoms with Crippen LogP contribution < -0.4 is 4.74 Å². The summed E-state index contributed by atoms with van der Waals surface area (Å²) in [5, 5.41) is 8.83. The average Bonchev–Trinajstić information content (AvgIpc) is 2.34. The SMILES string of the molecule is COc1cc(C)c(/C=C/C(C)=C\CO)c(C)c1C. The fraction of sp³-hybridized carbons (Fsp3) is 0.375. The van der Waals surface area contributed by atoms with Gasteiger partial charge in [-0.1, -0.05) is 23.8 Å². The van der Waals surface area contributed by atoms with Gasteiger partial charge in [-0.2, -0.15) is 0 Å². The molecule has 0 saturated heterocycles. The summed E-state index contributed by atoms with van der Waals surface area (Å²) in [6.07, 6.45) is 5.91. The van der Waals surface area contributed by atoms with Crippen LogP contribution in [-0.2, 0) is 0 Å². The maximum absolute atomic E-state index is 8.83. The van der Waals surface area contributed by atoms with Gasteiger partial charge in [-0.05, 0) is 56.0 Å². The molecule has 0 amide bonds. The van der Waals surface area contributed by atoms with Crippen LogP contribution in [0.15, 0.2) is 23.8 Å². The normalized spacial score (nSPS) is 12.2. The first-order chi connectivity index (χ1) is 8.51. The van der Waals surface area contributed by atoms with E-state index in [-0.39, 0.29) is 6.61 Å². The van der Waals surface area contributed by atoms with E-state index in [9.17, 15) is 0 Å². The number of aliphatic hydroxyl groups excluding tert-OH is 1. The number of rotatable bonds is 4. The van der Waals surface area contributed by atoms with Gasteiger partial charge >= 0.3 is 0 Å². The highest BCUT2D eigenvalue weighted by Crippen LogP contribution is 2.28. The van der Waals surface area contributed by atoms with Crippen molar-refractivity contribution in [3.8, 4) is 5.75 Å². The summed E-state index contributed by atoms with van der Waals surface area (Å²) in [4.78, 5) is 0. The van der Waals surface area contributed by atoms with Crippen molar-refractivity contribution < 1.29 is 9.84 Å². The molecule has 0 aliphatic heterocycles. The standard InChI is InChI=1S/C16H22O2/c1-11(8-9-17)6-7-15-12(2)10-16(18-5)14(4)13(15)3/h6-8,10,17H,9H2,1-5H3/b7-6+,11-8-. The lowest BCUT2D eigenvalue weighted by molar-refractivity contribution is 0.342. The molecule has 0 fully saturated rings. The molecule has 0 spiro atoms. The quantitative estimate of drug-likeness (QED) is 0.823. The van der Waals surface area contributed by atoms with Gasteiger partial charge in [-0.15, -0.1) is 0 Å². The Morgan fingerprint density at radius 1 is 1.28 bits per heavy atom. The maximum Gasteiger partial charge on any atom is 0.122 e. The Hall–Kier alpha value is -1.54. The predicted molar refractivity (Wildman–Crippen MR) is 77.1 cm³/mol. The molecular formula is C16H22O2. The minimum absolute atomic E-state index is 0.0791. The van der Waals surface area contributed by atoms with Crippen molar-refractivity contribution in [2.75, 3.05) is 13.7 Å². The van der Waals surface area contributed by atoms with E-state index in [0.717, 1.165) is 11.3 Å². The van der Waals surface area contributed by atoms with Crippen LogP contribution in [0.2, 0.25) is 0 Å². The smallest absolute Gasteiger partial charge is 0.122 e. The highest BCUT2D eigenvalue weighted by atomic mass is 16.5. The molecule has 0 heterocycles. The maximum atomic E-state index is 8.83. The molecule has 0 atom stereocenters. The number of hydrogen-bond donors (Lipinski definition) is 1. The van der Waals surface area contributed by atoms with Gasteiger partial charge in [0, 0.05) is 0 Å². The zero-order chi connectivity index (χ0) is 13.7. The molecule has 0 saturated carbocycles. The van der Waals surface area contributed by atoms with E-state index in [1.54, 1.807) is 13.2 Å². The Morgan fingerprint density at radius 2 is 1.94 bits per heavy atom. The van der Waals surface area contributed by atoms with Gasteiger partial charge in [0.1, 0.15) is 5.75 Å². The summed E-state index contributed by atoms with van der Waals surface area (Å²) in [6.45, 7) is 8.32. The van der Waals surface area contributed by atoms with Crippen molar-refractivity contribution in [2.24, 2.45) is 0 Å². The third-order valence-corrected chi connectivity index (χ3v) is 3.25. The first-order valence-corrected chi connectivity index (χ1v) is 6.11. The van der Waals surface area contributed by atoms with Crippen molar-refractivity contribution in [3.05, 3.63) is 46.0 Å². The number of methoxy groups -OCH3 is 1. The molecule has 2 nitrogen and oxygen atoms in total. The van der Waals surface area contributed by atoms with Gasteiger partial charge < -0.3 is 9.84 Å². The number of allylic oxidation sites excluding steroid dienone is 2. The van der Waals surface area contributed by atoms with E-state index in [0.29, 0.717) is 0 Å². The minimum atomic E-state index is 0.0791. The topological polar surface area (TPSA) is 29.5 Å². The first kappa shape index (κ1) is 14.5. The molecule has 1 N–H and O–H groups in total. The molecule has 1 aromatic rings. The van der Waals surface area contributed by atoms with Gasteiger partial charge in [0.2, 0.25) is 0 Å². The fourth-order valence-corrected chi connectivity index (χ4v) is 1.96. The summed E-state index contributed by atoms with van der Waals surface area (Å²) >= 11 is 0. The van der Waals surface area contributed by atoms with Gasteiger partial charge in [0.15, 0.2) is 0 Å². The number of aliphatic hydroxyl groups is 1. The molecule has 98 valence electrons. The van der Waals surface area contributed by atoms with Gasteiger partial charge in [0.05, 0.1) is 13.7 Å². The minimum Gasteiger partial charge on any atom is -0.496 e. The zero-order valence-electron chi connectivity index (χ0n) is 11.9. The summed E-state index contributed by atoms with van der Waals surface area (Å²) in [5.74, 6) is 0.935. The second-order valence-corrected chi connectivity index (χ2v) is 4.52. The molecule has 0 radical (unpaired) electrons. The lowest BCUT2D eigenvalue weighted by atomic mass is 9.96. The lowest BCUT2D eigenvalue weighted by Gasteiger charge is -2.13. The Labute approximate surface area is 110 Å². The fourth-order valence-electron chi connectivity index (χ4n) is 1.96. The van der Waals surface area contributed by atoms with E-state index >= 15 is 0 Å². The molecule has 2 heteroatoms. The summed E-state index contributed by atoms with van der Waals surface area (Å²) in [7, 11) is 1.70. The summed E-state index contributed by atoms with van der Waals surface area (Å²) in [5.41, 5.74) is 5.89. The van der Waals surface area contributed by atoms with Crippen LogP contribution in [0.3, 0.4) is 0 Å². The highest BCUT2D eigenvalue weighted by molar-refractivity contribution is 5.64. The van der Waals surface area contributed by atoms with Gasteiger partial charge in [-0.25, -0.2) is 0 Å². The molecule has 0 unspecified atom stereocenters. The molecule has 1 rings (SSSR count). The molecule has 0 aromatic heterocycles. The van der Waals surface area contributed by atoms with Gasteiger partial charge in [0.25, 0.3) is 0 Å². The van der Waals surface area contributed by atoms with Crippen LogP contribution in [-0.4, -0.2) is 18.8 Å². The Morgan fingerprint density at radius 3 is 2.50 bits per heavy atom. The molecule has 1 aromatic carbocycles. The Balaban J connectivity index is 3.18. The first-order valence-electron chi connectivity index (χ1n) is 6.11. The average molecular weight is 246 g/mol. The van der Waals surface area contributed by atoms with E-state index in [1.807, 2.05) is 13.0 Å². The number of hydrogen-bond acceptors (Lipinski definition) is 2. The van der Waals surface area contributed by atoms with Crippen molar-refractivity contribution >= 4 is 6.08 Å². The van der Waals surface area contributed by atoms with Crippen LogP contribution in [0, 0.1) is 20.8 Å². The number of benzene rings is 1. The Bertz CT molecular complexity index is 482. The summed E-state index contributed by atoms with van der Waals surface area (Å²) in [6, 6.07) is 2.06. The van der Waals surface area contributed by atoms with E-state index in [2.05, 4.69) is 32.9 Å². The largest absolute Gasteiger partial charge is 0.496 e. The second kappa shape index (κ2) is 6.41. The van der Waals surface area contributed by atoms with Crippen LogP contribution in [0.25, 0.3) is 6.08 Å². The van der Waals surface area contributed by atoms with E-state index < -0.39 is 0 Å². The number of ether oxygens (including phenoxy) is 1. The summed E-state index contributed by atoms with van der Waals surface area (Å²) < 4.78 is 5.36. The third kappa shape index (κ3) is 3.23. The van der Waals surface area contributed by atoms with Crippen molar-refractivity contribution in [1.29, 1.82) is 0 Å². The van der Waals surface area contributed by atoms with Gasteiger partial charge in [-0.3, -0.25) is 0 Å². The number of aryl methyl sites for hydroxylation is 1. The molecule has 0 bridgehead atoms. The van der Waals surface area contributed by atoms with Crippen molar-refractivity contribution in [1.82, 2.24) is 0 Å². The van der Waals surface area contributed by atoms with Crippen LogP contribution in [0.1, 0.15) is 29.2 Å². The predicted octanol–water partition coefficient (Wildman–Crippen LogP) is 3.57. The molecule has 0 aliphatic rings. The van der Waals surface area contributed by atoms with E-state index in [1.165, 1.54) is 22.3 Å². The third-order valence-electron chi connectivity index (χ3n) is 3.25. The molecule has 18 heavy (non-hydrogen) atoms. The second-order valence-electron chi connectivity index (χ2n) is 4.52. The van der Waals surface area contributed by atoms with Crippen molar-refractivity contribution in [2.45, 2.75) is 27.7 Å². The Kier molecular flexibility index (Phi) is 5.17. The highest BCUT2D eigenvalue weighted by Gasteiger charge is 2.08. The van der Waals surface area contributed by atoms with E-state index in [4.69, 9.17) is 9.84 Å².